The summed E-state index contributed by atoms with van der Waals surface area (Å²) in [5, 5.41) is 2.63. The summed E-state index contributed by atoms with van der Waals surface area (Å²) >= 11 is 5.84. The number of rotatable bonds is 4. The molecule has 0 saturated heterocycles. The molecule has 1 N–H and O–H groups in total. The quantitative estimate of drug-likeness (QED) is 0.883. The number of furan rings is 1. The fourth-order valence-corrected chi connectivity index (χ4v) is 2.32. The van der Waals surface area contributed by atoms with Crippen LogP contribution in [-0.2, 0) is 0 Å². The molecule has 1 aromatic heterocycles. The molecule has 0 aliphatic rings. The SMILES string of the molecule is Cc1oc(C)c(C(=O)Nc2ccc(OC(F)F)c(Cl)c2)c1C. The van der Waals surface area contributed by atoms with E-state index < -0.39 is 6.61 Å². The second-order valence-electron chi connectivity index (χ2n) is 4.69. The summed E-state index contributed by atoms with van der Waals surface area (Å²) in [6.45, 7) is 2.29. The number of amides is 1. The van der Waals surface area contributed by atoms with E-state index in [4.69, 9.17) is 16.0 Å². The van der Waals surface area contributed by atoms with Gasteiger partial charge in [-0.3, -0.25) is 4.79 Å². The molecule has 0 saturated carbocycles. The first-order chi connectivity index (χ1) is 10.3. The van der Waals surface area contributed by atoms with Crippen LogP contribution in [0, 0.1) is 20.8 Å². The minimum Gasteiger partial charge on any atom is -0.466 e. The average molecular weight is 330 g/mol. The van der Waals surface area contributed by atoms with Crippen LogP contribution in [0.1, 0.15) is 27.4 Å². The maximum atomic E-state index is 12.3. The van der Waals surface area contributed by atoms with Gasteiger partial charge in [0.1, 0.15) is 17.3 Å². The van der Waals surface area contributed by atoms with Crippen molar-refractivity contribution in [3.05, 3.63) is 45.9 Å². The van der Waals surface area contributed by atoms with Gasteiger partial charge in [0.25, 0.3) is 5.91 Å². The van der Waals surface area contributed by atoms with Crippen LogP contribution in [0.2, 0.25) is 5.02 Å². The Hall–Kier alpha value is -2.08. The monoisotopic (exact) mass is 329 g/mol. The van der Waals surface area contributed by atoms with Crippen molar-refractivity contribution < 1.29 is 22.7 Å². The van der Waals surface area contributed by atoms with Crippen LogP contribution >= 0.6 is 11.6 Å². The number of nitrogens with one attached hydrogen (secondary N) is 1. The van der Waals surface area contributed by atoms with Crippen molar-refractivity contribution in [2.45, 2.75) is 27.4 Å². The zero-order valence-electron chi connectivity index (χ0n) is 12.2. The molecule has 0 radical (unpaired) electrons. The minimum atomic E-state index is -2.96. The van der Waals surface area contributed by atoms with E-state index in [-0.39, 0.29) is 16.7 Å². The molecule has 1 heterocycles. The fraction of sp³-hybridized carbons (Fsp3) is 0.267. The van der Waals surface area contributed by atoms with Crippen LogP contribution in [0.5, 0.6) is 5.75 Å². The highest BCUT2D eigenvalue weighted by atomic mass is 35.5. The molecular weight excluding hydrogens is 316 g/mol. The molecule has 0 bridgehead atoms. The Labute approximate surface area is 131 Å². The number of carbonyl (C=O) groups is 1. The highest BCUT2D eigenvalue weighted by molar-refractivity contribution is 6.32. The van der Waals surface area contributed by atoms with Gasteiger partial charge in [-0.05, 0) is 39.0 Å². The number of hydrogen-bond donors (Lipinski definition) is 1. The lowest BCUT2D eigenvalue weighted by Gasteiger charge is -2.09. The number of hydrogen-bond acceptors (Lipinski definition) is 3. The van der Waals surface area contributed by atoms with Gasteiger partial charge in [0.2, 0.25) is 0 Å². The molecule has 7 heteroatoms. The Morgan fingerprint density at radius 1 is 1.27 bits per heavy atom. The first-order valence-electron chi connectivity index (χ1n) is 6.42. The molecule has 1 amide bonds. The highest BCUT2D eigenvalue weighted by Crippen LogP contribution is 2.29. The number of benzene rings is 1. The Morgan fingerprint density at radius 3 is 2.45 bits per heavy atom. The van der Waals surface area contributed by atoms with E-state index in [9.17, 15) is 13.6 Å². The van der Waals surface area contributed by atoms with E-state index in [1.54, 1.807) is 20.8 Å². The van der Waals surface area contributed by atoms with Crippen LogP contribution < -0.4 is 10.1 Å². The zero-order chi connectivity index (χ0) is 16.4. The maximum Gasteiger partial charge on any atom is 0.387 e. The predicted octanol–water partition coefficient (Wildman–Crippen LogP) is 4.71. The van der Waals surface area contributed by atoms with Crippen molar-refractivity contribution in [3.8, 4) is 5.75 Å². The summed E-state index contributed by atoms with van der Waals surface area (Å²) in [6.07, 6.45) is 0. The summed E-state index contributed by atoms with van der Waals surface area (Å²) < 4.78 is 34.0. The van der Waals surface area contributed by atoms with E-state index in [0.717, 1.165) is 5.56 Å². The van der Waals surface area contributed by atoms with Crippen molar-refractivity contribution in [3.63, 3.8) is 0 Å². The molecule has 0 aliphatic carbocycles. The average Bonchev–Trinajstić information content (AvgIpc) is 2.66. The Bertz CT molecular complexity index is 713. The number of carbonyl (C=O) groups excluding carboxylic acids is 1. The van der Waals surface area contributed by atoms with Gasteiger partial charge in [0.05, 0.1) is 10.6 Å². The third-order valence-corrected chi connectivity index (χ3v) is 3.49. The van der Waals surface area contributed by atoms with Crippen LogP contribution in [-0.4, -0.2) is 12.5 Å². The van der Waals surface area contributed by atoms with Crippen molar-refractivity contribution in [1.82, 2.24) is 0 Å². The lowest BCUT2D eigenvalue weighted by atomic mass is 10.1. The fourth-order valence-electron chi connectivity index (χ4n) is 2.09. The van der Waals surface area contributed by atoms with Crippen molar-refractivity contribution >= 4 is 23.2 Å². The van der Waals surface area contributed by atoms with E-state index >= 15 is 0 Å². The number of alkyl halides is 2. The van der Waals surface area contributed by atoms with E-state index in [1.165, 1.54) is 18.2 Å². The number of ether oxygens (including phenoxy) is 1. The van der Waals surface area contributed by atoms with Crippen molar-refractivity contribution in [2.24, 2.45) is 0 Å². The smallest absolute Gasteiger partial charge is 0.387 e. The second-order valence-corrected chi connectivity index (χ2v) is 5.10. The molecule has 0 atom stereocenters. The molecular formula is C15H14ClF2NO3. The highest BCUT2D eigenvalue weighted by Gasteiger charge is 2.19. The van der Waals surface area contributed by atoms with Gasteiger partial charge in [0.15, 0.2) is 0 Å². The lowest BCUT2D eigenvalue weighted by molar-refractivity contribution is -0.0497. The van der Waals surface area contributed by atoms with Gasteiger partial charge in [-0.1, -0.05) is 11.6 Å². The Balaban J connectivity index is 2.20. The third kappa shape index (κ3) is 3.39. The van der Waals surface area contributed by atoms with E-state index in [2.05, 4.69) is 10.1 Å². The molecule has 0 aliphatic heterocycles. The second kappa shape index (κ2) is 6.36. The topological polar surface area (TPSA) is 51.5 Å². The summed E-state index contributed by atoms with van der Waals surface area (Å²) in [7, 11) is 0. The van der Waals surface area contributed by atoms with E-state index in [1.807, 2.05) is 0 Å². The summed E-state index contributed by atoms with van der Waals surface area (Å²) in [5.74, 6) is 0.671. The molecule has 0 fully saturated rings. The molecule has 4 nitrogen and oxygen atoms in total. The van der Waals surface area contributed by atoms with Crippen LogP contribution in [0.3, 0.4) is 0 Å². The first-order valence-corrected chi connectivity index (χ1v) is 6.79. The molecule has 2 aromatic rings. The largest absolute Gasteiger partial charge is 0.466 e. The minimum absolute atomic E-state index is 0.0186. The van der Waals surface area contributed by atoms with Gasteiger partial charge in [-0.2, -0.15) is 8.78 Å². The lowest BCUT2D eigenvalue weighted by Crippen LogP contribution is -2.13. The van der Waals surface area contributed by atoms with Gasteiger partial charge in [-0.15, -0.1) is 0 Å². The number of anilines is 1. The molecule has 1 aromatic carbocycles. The van der Waals surface area contributed by atoms with Crippen LogP contribution in [0.25, 0.3) is 0 Å². The molecule has 0 spiro atoms. The Kier molecular flexibility index (Phi) is 4.71. The van der Waals surface area contributed by atoms with Gasteiger partial charge in [0, 0.05) is 11.3 Å². The molecule has 2 rings (SSSR count). The summed E-state index contributed by atoms with van der Waals surface area (Å²) in [6, 6.07) is 4.04. The predicted molar refractivity (Wildman–Crippen MR) is 79.0 cm³/mol. The van der Waals surface area contributed by atoms with Gasteiger partial charge < -0.3 is 14.5 Å². The van der Waals surface area contributed by atoms with Crippen LogP contribution in [0.15, 0.2) is 22.6 Å². The van der Waals surface area contributed by atoms with E-state index in [0.29, 0.717) is 22.8 Å². The van der Waals surface area contributed by atoms with Crippen molar-refractivity contribution in [2.75, 3.05) is 5.32 Å². The summed E-state index contributed by atoms with van der Waals surface area (Å²) in [5.41, 5.74) is 1.56. The molecule has 22 heavy (non-hydrogen) atoms. The first kappa shape index (κ1) is 16.3. The molecule has 0 unspecified atom stereocenters. The zero-order valence-corrected chi connectivity index (χ0v) is 12.9. The third-order valence-electron chi connectivity index (χ3n) is 3.19. The normalized spacial score (nSPS) is 10.9. The summed E-state index contributed by atoms with van der Waals surface area (Å²) in [4.78, 5) is 12.3. The standard InChI is InChI=1S/C15H14ClF2NO3/c1-7-8(2)21-9(3)13(7)14(20)19-10-4-5-12(11(16)6-10)22-15(17)18/h4-6,15H,1-3H3,(H,19,20). The maximum absolute atomic E-state index is 12.3. The molecule has 118 valence electrons. The van der Waals surface area contributed by atoms with Gasteiger partial charge in [-0.25, -0.2) is 0 Å². The Morgan fingerprint density at radius 2 is 1.95 bits per heavy atom. The number of halogens is 3. The number of aryl methyl sites for hydroxylation is 2. The van der Waals surface area contributed by atoms with Crippen LogP contribution in [0.4, 0.5) is 14.5 Å². The van der Waals surface area contributed by atoms with Crippen molar-refractivity contribution in [1.29, 1.82) is 0 Å². The van der Waals surface area contributed by atoms with Gasteiger partial charge >= 0.3 is 6.61 Å².